The van der Waals surface area contributed by atoms with Crippen molar-refractivity contribution in [2.45, 2.75) is 12.8 Å². The third-order valence-electron chi connectivity index (χ3n) is 5.07. The van der Waals surface area contributed by atoms with Crippen molar-refractivity contribution in [3.8, 4) is 0 Å². The summed E-state index contributed by atoms with van der Waals surface area (Å²) in [4.78, 5) is 2.44. The second-order valence-electron chi connectivity index (χ2n) is 6.62. The number of rotatable bonds is 3. The Kier molecular flexibility index (Phi) is 5.57. The minimum atomic E-state index is 0. The van der Waals surface area contributed by atoms with E-state index in [1.54, 1.807) is 0 Å². The van der Waals surface area contributed by atoms with E-state index in [9.17, 15) is 0 Å². The summed E-state index contributed by atoms with van der Waals surface area (Å²) in [5, 5.41) is 0. The van der Waals surface area contributed by atoms with E-state index in [-0.39, 0.29) is 12.4 Å². The zero-order valence-corrected chi connectivity index (χ0v) is 15.3. The average molecular weight is 350 g/mol. The molecule has 0 aromatic heterocycles. The van der Waals surface area contributed by atoms with Crippen LogP contribution in [-0.4, -0.2) is 24.5 Å². The van der Waals surface area contributed by atoms with Gasteiger partial charge in [0, 0.05) is 19.6 Å². The summed E-state index contributed by atoms with van der Waals surface area (Å²) >= 11 is 0. The Labute approximate surface area is 156 Å². The SMILES string of the molecule is C=CCN1CC=C(C2=Cc3ccccc3Cc3ccccc32)CC1.Cl. The largest absolute Gasteiger partial charge is 0.296 e. The van der Waals surface area contributed by atoms with Gasteiger partial charge in [0.2, 0.25) is 0 Å². The minimum absolute atomic E-state index is 0. The van der Waals surface area contributed by atoms with E-state index in [1.807, 2.05) is 6.08 Å². The molecule has 0 saturated carbocycles. The van der Waals surface area contributed by atoms with Gasteiger partial charge in [-0.15, -0.1) is 19.0 Å². The van der Waals surface area contributed by atoms with Gasteiger partial charge in [0.25, 0.3) is 0 Å². The van der Waals surface area contributed by atoms with Gasteiger partial charge in [-0.25, -0.2) is 0 Å². The standard InChI is InChI=1S/C23H23N.ClH/c1-2-13-24-14-11-18(12-15-24)23-17-20-8-4-3-7-19(20)16-21-9-5-6-10-22(21)23;/h2-11,17H,1,12-16H2;1H. The van der Waals surface area contributed by atoms with Crippen molar-refractivity contribution >= 4 is 24.1 Å². The molecule has 25 heavy (non-hydrogen) atoms. The molecule has 1 aliphatic carbocycles. The van der Waals surface area contributed by atoms with Gasteiger partial charge in [0.1, 0.15) is 0 Å². The Morgan fingerprint density at radius 3 is 2.52 bits per heavy atom. The molecule has 0 radical (unpaired) electrons. The maximum atomic E-state index is 3.86. The van der Waals surface area contributed by atoms with Crippen LogP contribution in [0.4, 0.5) is 0 Å². The fourth-order valence-corrected chi connectivity index (χ4v) is 3.78. The molecule has 0 spiro atoms. The van der Waals surface area contributed by atoms with Gasteiger partial charge in [-0.1, -0.05) is 60.7 Å². The second-order valence-corrected chi connectivity index (χ2v) is 6.62. The van der Waals surface area contributed by atoms with Crippen LogP contribution < -0.4 is 0 Å². The van der Waals surface area contributed by atoms with Gasteiger partial charge >= 0.3 is 0 Å². The monoisotopic (exact) mass is 349 g/mol. The number of benzene rings is 2. The molecular formula is C23H24ClN. The molecule has 0 fully saturated rings. The molecule has 1 nitrogen and oxygen atoms in total. The summed E-state index contributed by atoms with van der Waals surface area (Å²) in [6.45, 7) is 6.96. The van der Waals surface area contributed by atoms with Gasteiger partial charge < -0.3 is 0 Å². The van der Waals surface area contributed by atoms with E-state index in [0.717, 1.165) is 32.5 Å². The third-order valence-corrected chi connectivity index (χ3v) is 5.07. The molecule has 0 saturated heterocycles. The van der Waals surface area contributed by atoms with E-state index in [2.05, 4.69) is 72.2 Å². The lowest BCUT2D eigenvalue weighted by atomic mass is 9.90. The lowest BCUT2D eigenvalue weighted by Crippen LogP contribution is -2.29. The maximum absolute atomic E-state index is 3.86. The normalized spacial score (nSPS) is 16.5. The minimum Gasteiger partial charge on any atom is -0.296 e. The Morgan fingerprint density at radius 1 is 1.00 bits per heavy atom. The van der Waals surface area contributed by atoms with Gasteiger partial charge in [-0.2, -0.15) is 0 Å². The number of allylic oxidation sites excluding steroid dienone is 1. The van der Waals surface area contributed by atoms with Crippen molar-refractivity contribution < 1.29 is 0 Å². The first-order chi connectivity index (χ1) is 11.8. The summed E-state index contributed by atoms with van der Waals surface area (Å²) in [5.41, 5.74) is 8.51. The first kappa shape index (κ1) is 17.7. The second kappa shape index (κ2) is 7.86. The Morgan fingerprint density at radius 2 is 1.76 bits per heavy atom. The van der Waals surface area contributed by atoms with Gasteiger partial charge in [0.05, 0.1) is 0 Å². The molecule has 2 aliphatic rings. The molecule has 128 valence electrons. The molecule has 0 unspecified atom stereocenters. The van der Waals surface area contributed by atoms with E-state index < -0.39 is 0 Å². The average Bonchev–Trinajstić information content (AvgIpc) is 2.79. The van der Waals surface area contributed by atoms with Crippen molar-refractivity contribution in [2.24, 2.45) is 0 Å². The maximum Gasteiger partial charge on any atom is 0.0172 e. The highest BCUT2D eigenvalue weighted by molar-refractivity contribution is 5.93. The molecule has 0 atom stereocenters. The summed E-state index contributed by atoms with van der Waals surface area (Å²) in [6.07, 6.45) is 8.92. The van der Waals surface area contributed by atoms with Crippen LogP contribution in [0.2, 0.25) is 0 Å². The van der Waals surface area contributed by atoms with E-state index in [0.29, 0.717) is 0 Å². The fourth-order valence-electron chi connectivity index (χ4n) is 3.78. The number of hydrogen-bond acceptors (Lipinski definition) is 1. The van der Waals surface area contributed by atoms with Crippen LogP contribution in [0.15, 0.2) is 72.8 Å². The topological polar surface area (TPSA) is 3.24 Å². The zero-order valence-electron chi connectivity index (χ0n) is 14.4. The van der Waals surface area contributed by atoms with Crippen molar-refractivity contribution in [2.75, 3.05) is 19.6 Å². The molecule has 1 aliphatic heterocycles. The molecule has 0 amide bonds. The number of fused-ring (bicyclic) bond motifs is 2. The summed E-state index contributed by atoms with van der Waals surface area (Å²) in [7, 11) is 0. The van der Waals surface area contributed by atoms with Crippen molar-refractivity contribution in [1.82, 2.24) is 4.90 Å². The number of nitrogens with zero attached hydrogens (tertiary/aromatic N) is 1. The van der Waals surface area contributed by atoms with Crippen LogP contribution in [0.5, 0.6) is 0 Å². The van der Waals surface area contributed by atoms with Crippen molar-refractivity contribution in [1.29, 1.82) is 0 Å². The molecule has 4 rings (SSSR count). The number of hydrogen-bond donors (Lipinski definition) is 0. The van der Waals surface area contributed by atoms with Gasteiger partial charge in [-0.3, -0.25) is 4.90 Å². The summed E-state index contributed by atoms with van der Waals surface area (Å²) in [6, 6.07) is 17.7. The predicted octanol–water partition coefficient (Wildman–Crippen LogP) is 5.37. The van der Waals surface area contributed by atoms with Crippen molar-refractivity contribution in [3.05, 3.63) is 95.1 Å². The lowest BCUT2D eigenvalue weighted by molar-refractivity contribution is 0.328. The Balaban J connectivity index is 0.00000182. The Hall–Kier alpha value is -2.09. The lowest BCUT2D eigenvalue weighted by Gasteiger charge is -2.26. The fraction of sp³-hybridized carbons (Fsp3) is 0.217. The molecule has 2 aromatic rings. The molecule has 0 N–H and O–H groups in total. The quantitative estimate of drug-likeness (QED) is 0.673. The molecule has 2 aromatic carbocycles. The van der Waals surface area contributed by atoms with Crippen LogP contribution in [0.1, 0.15) is 28.7 Å². The first-order valence-electron chi connectivity index (χ1n) is 8.75. The van der Waals surface area contributed by atoms with E-state index in [4.69, 9.17) is 0 Å². The number of halogens is 1. The van der Waals surface area contributed by atoms with Crippen LogP contribution in [-0.2, 0) is 6.42 Å². The van der Waals surface area contributed by atoms with Crippen LogP contribution in [0.25, 0.3) is 11.6 Å². The van der Waals surface area contributed by atoms with Crippen LogP contribution >= 0.6 is 12.4 Å². The smallest absolute Gasteiger partial charge is 0.0172 e. The predicted molar refractivity (Wildman–Crippen MR) is 110 cm³/mol. The third kappa shape index (κ3) is 3.63. The van der Waals surface area contributed by atoms with Gasteiger partial charge in [-0.05, 0) is 52.3 Å². The van der Waals surface area contributed by atoms with Crippen molar-refractivity contribution in [3.63, 3.8) is 0 Å². The van der Waals surface area contributed by atoms with E-state index >= 15 is 0 Å². The Bertz CT molecular complexity index is 831. The molecular weight excluding hydrogens is 326 g/mol. The van der Waals surface area contributed by atoms with E-state index in [1.165, 1.54) is 33.4 Å². The van der Waals surface area contributed by atoms with Gasteiger partial charge in [0.15, 0.2) is 0 Å². The first-order valence-corrected chi connectivity index (χ1v) is 8.75. The summed E-state index contributed by atoms with van der Waals surface area (Å²) < 4.78 is 0. The summed E-state index contributed by atoms with van der Waals surface area (Å²) in [5.74, 6) is 0. The molecule has 1 heterocycles. The highest BCUT2D eigenvalue weighted by Gasteiger charge is 2.19. The highest BCUT2D eigenvalue weighted by atomic mass is 35.5. The van der Waals surface area contributed by atoms with Crippen LogP contribution in [0.3, 0.4) is 0 Å². The molecule has 0 bridgehead atoms. The zero-order chi connectivity index (χ0) is 16.4. The highest BCUT2D eigenvalue weighted by Crippen LogP contribution is 2.36. The van der Waals surface area contributed by atoms with Crippen LogP contribution in [0, 0.1) is 0 Å². The molecule has 2 heteroatoms.